The first kappa shape index (κ1) is 16.3. The van der Waals surface area contributed by atoms with Crippen molar-refractivity contribution in [1.82, 2.24) is 10.2 Å². The number of benzene rings is 1. The van der Waals surface area contributed by atoms with Crippen LogP contribution in [0.15, 0.2) is 24.3 Å². The number of nitrogens with one attached hydrogen (secondary N) is 1. The molecule has 1 saturated carbocycles. The van der Waals surface area contributed by atoms with E-state index in [-0.39, 0.29) is 0 Å². The van der Waals surface area contributed by atoms with Gasteiger partial charge < -0.3 is 10.2 Å². The smallest absolute Gasteiger partial charge is 0.222 e. The number of rotatable bonds is 9. The normalized spacial score (nSPS) is 14.2. The van der Waals surface area contributed by atoms with Gasteiger partial charge in [0.1, 0.15) is 0 Å². The molecule has 0 unspecified atom stereocenters. The Balaban J connectivity index is 1.83. The van der Waals surface area contributed by atoms with Crippen LogP contribution in [0.4, 0.5) is 0 Å². The third-order valence-electron chi connectivity index (χ3n) is 3.93. The maximum Gasteiger partial charge on any atom is 0.222 e. The molecule has 0 saturated heterocycles. The molecule has 116 valence electrons. The fraction of sp³-hybridized carbons (Fsp3) is 0.588. The summed E-state index contributed by atoms with van der Waals surface area (Å²) in [7, 11) is 1.92. The van der Waals surface area contributed by atoms with Gasteiger partial charge in [-0.1, -0.05) is 23.7 Å². The van der Waals surface area contributed by atoms with E-state index in [9.17, 15) is 4.79 Å². The largest absolute Gasteiger partial charge is 0.342 e. The summed E-state index contributed by atoms with van der Waals surface area (Å²) in [6.07, 6.45) is 5.02. The second-order valence-electron chi connectivity index (χ2n) is 5.87. The Hall–Kier alpha value is -1.06. The van der Waals surface area contributed by atoms with Crippen LogP contribution >= 0.6 is 11.6 Å². The van der Waals surface area contributed by atoms with E-state index in [1.54, 1.807) is 0 Å². The average Bonchev–Trinajstić information content (AvgIpc) is 3.29. The minimum Gasteiger partial charge on any atom is -0.342 e. The summed E-state index contributed by atoms with van der Waals surface area (Å²) in [6.45, 7) is 2.66. The Morgan fingerprint density at radius 2 is 2.05 bits per heavy atom. The first-order valence-electron chi connectivity index (χ1n) is 7.86. The fourth-order valence-corrected chi connectivity index (χ4v) is 2.55. The summed E-state index contributed by atoms with van der Waals surface area (Å²) in [6, 6.07) is 7.92. The summed E-state index contributed by atoms with van der Waals surface area (Å²) in [5.74, 6) is 1.04. The van der Waals surface area contributed by atoms with Crippen molar-refractivity contribution < 1.29 is 4.79 Å². The summed E-state index contributed by atoms with van der Waals surface area (Å²) in [5, 5.41) is 3.86. The highest BCUT2D eigenvalue weighted by atomic mass is 35.5. The number of hydrogen-bond donors (Lipinski definition) is 1. The Labute approximate surface area is 132 Å². The van der Waals surface area contributed by atoms with Crippen molar-refractivity contribution in [1.29, 1.82) is 0 Å². The van der Waals surface area contributed by atoms with E-state index in [0.29, 0.717) is 12.3 Å². The van der Waals surface area contributed by atoms with E-state index in [1.165, 1.54) is 18.4 Å². The molecule has 1 amide bonds. The second kappa shape index (κ2) is 8.40. The zero-order chi connectivity index (χ0) is 15.1. The maximum absolute atomic E-state index is 12.3. The van der Waals surface area contributed by atoms with Gasteiger partial charge >= 0.3 is 0 Å². The van der Waals surface area contributed by atoms with E-state index in [0.717, 1.165) is 43.4 Å². The number of hydrogen-bond acceptors (Lipinski definition) is 2. The molecule has 1 N–H and O–H groups in total. The first-order valence-corrected chi connectivity index (χ1v) is 8.23. The van der Waals surface area contributed by atoms with E-state index in [1.807, 2.05) is 31.3 Å². The third kappa shape index (κ3) is 6.06. The van der Waals surface area contributed by atoms with Gasteiger partial charge in [-0.3, -0.25) is 4.79 Å². The maximum atomic E-state index is 12.3. The summed E-state index contributed by atoms with van der Waals surface area (Å²) < 4.78 is 0. The van der Waals surface area contributed by atoms with E-state index in [2.05, 4.69) is 10.2 Å². The highest BCUT2D eigenvalue weighted by Gasteiger charge is 2.26. The quantitative estimate of drug-likeness (QED) is 0.711. The molecule has 1 aromatic carbocycles. The summed E-state index contributed by atoms with van der Waals surface area (Å²) in [4.78, 5) is 14.4. The fourth-order valence-electron chi connectivity index (χ4n) is 2.42. The van der Waals surface area contributed by atoms with Crippen LogP contribution in [0.5, 0.6) is 0 Å². The van der Waals surface area contributed by atoms with Crippen LogP contribution in [-0.2, 0) is 11.2 Å². The Morgan fingerprint density at radius 3 is 2.67 bits per heavy atom. The van der Waals surface area contributed by atoms with Crippen molar-refractivity contribution in [2.45, 2.75) is 32.1 Å². The third-order valence-corrected chi connectivity index (χ3v) is 4.18. The number of nitrogens with zero attached hydrogens (tertiary/aromatic N) is 1. The van der Waals surface area contributed by atoms with Gasteiger partial charge in [-0.25, -0.2) is 0 Å². The van der Waals surface area contributed by atoms with Crippen molar-refractivity contribution in [3.8, 4) is 0 Å². The second-order valence-corrected chi connectivity index (χ2v) is 6.30. The van der Waals surface area contributed by atoms with Gasteiger partial charge in [-0.15, -0.1) is 0 Å². The Kier molecular flexibility index (Phi) is 6.52. The van der Waals surface area contributed by atoms with Crippen molar-refractivity contribution in [2.24, 2.45) is 5.92 Å². The van der Waals surface area contributed by atoms with E-state index < -0.39 is 0 Å². The van der Waals surface area contributed by atoms with Gasteiger partial charge in [0.25, 0.3) is 0 Å². The lowest BCUT2D eigenvalue weighted by Gasteiger charge is -2.23. The molecule has 0 heterocycles. The van der Waals surface area contributed by atoms with Gasteiger partial charge in [0.05, 0.1) is 0 Å². The molecule has 4 heteroatoms. The molecular formula is C17H25ClN2O. The molecular weight excluding hydrogens is 284 g/mol. The van der Waals surface area contributed by atoms with Crippen LogP contribution in [0.1, 0.15) is 31.2 Å². The van der Waals surface area contributed by atoms with Crippen LogP contribution in [0.25, 0.3) is 0 Å². The van der Waals surface area contributed by atoms with Gasteiger partial charge in [0, 0.05) is 24.5 Å². The molecule has 0 bridgehead atoms. The van der Waals surface area contributed by atoms with Gasteiger partial charge in [-0.2, -0.15) is 0 Å². The number of carbonyl (C=O) groups is 1. The minimum absolute atomic E-state index is 0.297. The molecule has 1 aromatic rings. The topological polar surface area (TPSA) is 32.3 Å². The minimum atomic E-state index is 0.297. The first-order chi connectivity index (χ1) is 10.2. The molecule has 0 aliphatic heterocycles. The van der Waals surface area contributed by atoms with Crippen LogP contribution < -0.4 is 5.32 Å². The number of carbonyl (C=O) groups excluding carboxylic acids is 1. The van der Waals surface area contributed by atoms with E-state index >= 15 is 0 Å². The SMILES string of the molecule is CNCCCC(=O)N(CCc1ccc(Cl)cc1)CC1CC1. The molecule has 1 aliphatic rings. The van der Waals surface area contributed by atoms with Gasteiger partial charge in [0.15, 0.2) is 0 Å². The molecule has 2 rings (SSSR count). The highest BCUT2D eigenvalue weighted by molar-refractivity contribution is 6.30. The molecule has 0 aromatic heterocycles. The molecule has 21 heavy (non-hydrogen) atoms. The summed E-state index contributed by atoms with van der Waals surface area (Å²) in [5.41, 5.74) is 1.24. The lowest BCUT2D eigenvalue weighted by molar-refractivity contribution is -0.131. The van der Waals surface area contributed by atoms with Gasteiger partial charge in [-0.05, 0) is 62.9 Å². The predicted octanol–water partition coefficient (Wildman–Crippen LogP) is 3.12. The zero-order valence-electron chi connectivity index (χ0n) is 12.8. The molecule has 3 nitrogen and oxygen atoms in total. The zero-order valence-corrected chi connectivity index (χ0v) is 13.5. The Bertz CT molecular complexity index is 443. The van der Waals surface area contributed by atoms with Crippen LogP contribution in [-0.4, -0.2) is 37.5 Å². The van der Waals surface area contributed by atoms with Gasteiger partial charge in [0.2, 0.25) is 5.91 Å². The van der Waals surface area contributed by atoms with E-state index in [4.69, 9.17) is 11.6 Å². The molecule has 1 aliphatic carbocycles. The van der Waals surface area contributed by atoms with Crippen molar-refractivity contribution in [2.75, 3.05) is 26.7 Å². The molecule has 1 fully saturated rings. The van der Waals surface area contributed by atoms with Crippen LogP contribution in [0, 0.1) is 5.92 Å². The predicted molar refractivity (Wildman–Crippen MR) is 87.6 cm³/mol. The lowest BCUT2D eigenvalue weighted by atomic mass is 10.1. The van der Waals surface area contributed by atoms with Crippen LogP contribution in [0.2, 0.25) is 5.02 Å². The van der Waals surface area contributed by atoms with Crippen LogP contribution in [0.3, 0.4) is 0 Å². The molecule has 0 atom stereocenters. The van der Waals surface area contributed by atoms with Crippen molar-refractivity contribution in [3.05, 3.63) is 34.9 Å². The number of amides is 1. The Morgan fingerprint density at radius 1 is 1.33 bits per heavy atom. The van der Waals surface area contributed by atoms with Crippen molar-refractivity contribution >= 4 is 17.5 Å². The molecule has 0 radical (unpaired) electrons. The highest BCUT2D eigenvalue weighted by Crippen LogP contribution is 2.30. The van der Waals surface area contributed by atoms with Crippen molar-refractivity contribution in [3.63, 3.8) is 0 Å². The standard InChI is InChI=1S/C17H25ClN2O/c1-19-11-2-3-17(21)20(13-15-4-5-15)12-10-14-6-8-16(18)9-7-14/h6-9,15,19H,2-5,10-13H2,1H3. The average molecular weight is 309 g/mol. The lowest BCUT2D eigenvalue weighted by Crippen LogP contribution is -2.35. The number of halogens is 1. The monoisotopic (exact) mass is 308 g/mol. The molecule has 0 spiro atoms. The summed E-state index contributed by atoms with van der Waals surface area (Å²) >= 11 is 5.90.